The molecule has 0 N–H and O–H groups in total. The zero-order chi connectivity index (χ0) is 9.84. The lowest BCUT2D eigenvalue weighted by molar-refractivity contribution is -0.386. The fraction of sp³-hybridized carbons (Fsp3) is 0.286. The number of nitro groups is 1. The van der Waals surface area contributed by atoms with Crippen LogP contribution in [0.1, 0.15) is 11.3 Å². The van der Waals surface area contributed by atoms with E-state index in [1.54, 1.807) is 0 Å². The number of hydrogen-bond donors (Lipinski definition) is 0. The van der Waals surface area contributed by atoms with Crippen LogP contribution in [0.4, 0.5) is 5.69 Å². The van der Waals surface area contributed by atoms with Gasteiger partial charge in [-0.3, -0.25) is 15.1 Å². The molecule has 1 heterocycles. The molecule has 4 nitrogen and oxygen atoms in total. The van der Waals surface area contributed by atoms with Crippen molar-refractivity contribution in [1.82, 2.24) is 4.98 Å². The van der Waals surface area contributed by atoms with E-state index in [1.165, 1.54) is 12.3 Å². The normalized spacial score (nSPS) is 10.0. The summed E-state index contributed by atoms with van der Waals surface area (Å²) in [4.78, 5) is 13.9. The Labute approximate surface area is 84.6 Å². The van der Waals surface area contributed by atoms with E-state index < -0.39 is 4.92 Å². The number of halogens is 2. The largest absolute Gasteiger partial charge is 0.296 e. The van der Waals surface area contributed by atoms with Crippen molar-refractivity contribution in [2.45, 2.75) is 11.8 Å². The van der Waals surface area contributed by atoms with Gasteiger partial charge in [0, 0.05) is 11.8 Å². The molecule has 0 bridgehead atoms. The topological polar surface area (TPSA) is 56.0 Å². The molecular weight excluding hydrogens is 215 g/mol. The summed E-state index contributed by atoms with van der Waals surface area (Å²) >= 11 is 11.0. The van der Waals surface area contributed by atoms with Gasteiger partial charge in [-0.1, -0.05) is 0 Å². The highest BCUT2D eigenvalue weighted by Gasteiger charge is 2.18. The molecule has 1 aromatic heterocycles. The van der Waals surface area contributed by atoms with Crippen LogP contribution in [-0.2, 0) is 11.8 Å². The van der Waals surface area contributed by atoms with Crippen LogP contribution in [0.5, 0.6) is 0 Å². The van der Waals surface area contributed by atoms with Crippen molar-refractivity contribution in [3.8, 4) is 0 Å². The highest BCUT2D eigenvalue weighted by Crippen LogP contribution is 2.24. The Bertz CT molecular complexity index is 308. The van der Waals surface area contributed by atoms with E-state index in [-0.39, 0.29) is 23.1 Å². The molecule has 0 aliphatic carbocycles. The van der Waals surface area contributed by atoms with Crippen LogP contribution >= 0.6 is 23.2 Å². The smallest absolute Gasteiger partial charge is 0.258 e. The van der Waals surface area contributed by atoms with Gasteiger partial charge in [0.25, 0.3) is 5.69 Å². The minimum Gasteiger partial charge on any atom is -0.258 e. The molecule has 0 radical (unpaired) electrons. The minimum atomic E-state index is -0.511. The molecule has 13 heavy (non-hydrogen) atoms. The van der Waals surface area contributed by atoms with Gasteiger partial charge >= 0.3 is 0 Å². The molecule has 0 saturated heterocycles. The van der Waals surface area contributed by atoms with E-state index in [1.807, 2.05) is 0 Å². The molecule has 0 saturated carbocycles. The third-order valence-electron chi connectivity index (χ3n) is 1.54. The molecule has 0 atom stereocenters. The Morgan fingerprint density at radius 3 is 2.62 bits per heavy atom. The van der Waals surface area contributed by atoms with Crippen LogP contribution in [0, 0.1) is 10.1 Å². The van der Waals surface area contributed by atoms with E-state index >= 15 is 0 Å². The average molecular weight is 221 g/mol. The number of hydrogen-bond acceptors (Lipinski definition) is 3. The van der Waals surface area contributed by atoms with E-state index in [9.17, 15) is 10.1 Å². The first kappa shape index (κ1) is 10.2. The van der Waals surface area contributed by atoms with Crippen molar-refractivity contribution in [1.29, 1.82) is 0 Å². The van der Waals surface area contributed by atoms with Crippen LogP contribution in [0.25, 0.3) is 0 Å². The van der Waals surface area contributed by atoms with E-state index in [0.717, 1.165) is 0 Å². The predicted octanol–water partition coefficient (Wildman–Crippen LogP) is 2.47. The fourth-order valence-electron chi connectivity index (χ4n) is 0.971. The zero-order valence-corrected chi connectivity index (χ0v) is 8.05. The second kappa shape index (κ2) is 4.39. The summed E-state index contributed by atoms with van der Waals surface area (Å²) < 4.78 is 0. The van der Waals surface area contributed by atoms with Gasteiger partial charge in [0.15, 0.2) is 0 Å². The number of nitrogens with zero attached hydrogens (tertiary/aromatic N) is 2. The van der Waals surface area contributed by atoms with Crippen molar-refractivity contribution in [3.63, 3.8) is 0 Å². The summed E-state index contributed by atoms with van der Waals surface area (Å²) in [6, 6.07) is 1.52. The maximum absolute atomic E-state index is 10.6. The summed E-state index contributed by atoms with van der Waals surface area (Å²) in [5, 5.41) is 10.6. The number of alkyl halides is 2. The van der Waals surface area contributed by atoms with Crippen LogP contribution < -0.4 is 0 Å². The van der Waals surface area contributed by atoms with Crippen LogP contribution in [-0.4, -0.2) is 9.91 Å². The second-order valence-electron chi connectivity index (χ2n) is 2.29. The Hall–Kier alpha value is -0.870. The van der Waals surface area contributed by atoms with Crippen LogP contribution in [0.2, 0.25) is 0 Å². The van der Waals surface area contributed by atoms with Gasteiger partial charge < -0.3 is 0 Å². The molecule has 0 spiro atoms. The second-order valence-corrected chi connectivity index (χ2v) is 2.82. The maximum Gasteiger partial charge on any atom is 0.296 e. The van der Waals surface area contributed by atoms with Crippen molar-refractivity contribution in [2.24, 2.45) is 0 Å². The van der Waals surface area contributed by atoms with E-state index in [2.05, 4.69) is 4.98 Å². The standard InChI is InChI=1S/C7H6Cl2N2O2/c8-3-5-1-2-10-6(4-9)7(5)11(12)13/h1-2H,3-4H2. The molecular formula is C7H6Cl2N2O2. The molecule has 1 rings (SSSR count). The lowest BCUT2D eigenvalue weighted by Crippen LogP contribution is -2.00. The molecule has 0 aliphatic heterocycles. The summed E-state index contributed by atoms with van der Waals surface area (Å²) in [5.41, 5.74) is 0.620. The quantitative estimate of drug-likeness (QED) is 0.447. The van der Waals surface area contributed by atoms with Crippen molar-refractivity contribution < 1.29 is 4.92 Å². The van der Waals surface area contributed by atoms with Gasteiger partial charge in [-0.2, -0.15) is 0 Å². The summed E-state index contributed by atoms with van der Waals surface area (Å²) in [7, 11) is 0. The summed E-state index contributed by atoms with van der Waals surface area (Å²) in [6.07, 6.45) is 1.46. The van der Waals surface area contributed by atoms with Crippen LogP contribution in [0.3, 0.4) is 0 Å². The van der Waals surface area contributed by atoms with Gasteiger partial charge in [-0.15, -0.1) is 23.2 Å². The number of aromatic nitrogens is 1. The first-order chi connectivity index (χ1) is 6.20. The fourth-order valence-corrected chi connectivity index (χ4v) is 1.38. The molecule has 0 fully saturated rings. The predicted molar refractivity (Wildman–Crippen MR) is 50.0 cm³/mol. The first-order valence-electron chi connectivity index (χ1n) is 3.43. The van der Waals surface area contributed by atoms with Crippen molar-refractivity contribution in [2.75, 3.05) is 0 Å². The Kier molecular flexibility index (Phi) is 3.45. The highest BCUT2D eigenvalue weighted by atomic mass is 35.5. The monoisotopic (exact) mass is 220 g/mol. The molecule has 0 amide bonds. The third kappa shape index (κ3) is 2.08. The third-order valence-corrected chi connectivity index (χ3v) is 2.08. The summed E-state index contributed by atoms with van der Waals surface area (Å²) in [5.74, 6) is 0.101. The lowest BCUT2D eigenvalue weighted by atomic mass is 10.2. The average Bonchev–Trinajstić information content (AvgIpc) is 2.16. The Morgan fingerprint density at radius 2 is 2.15 bits per heavy atom. The van der Waals surface area contributed by atoms with Gasteiger partial charge in [-0.05, 0) is 6.07 Å². The molecule has 0 aliphatic rings. The summed E-state index contributed by atoms with van der Waals surface area (Å²) in [6.45, 7) is 0. The van der Waals surface area contributed by atoms with E-state index in [0.29, 0.717) is 5.56 Å². The van der Waals surface area contributed by atoms with Gasteiger partial charge in [0.1, 0.15) is 5.69 Å². The molecule has 0 aromatic carbocycles. The van der Waals surface area contributed by atoms with Crippen molar-refractivity contribution >= 4 is 28.9 Å². The Balaban J connectivity index is 3.29. The first-order valence-corrected chi connectivity index (χ1v) is 4.50. The van der Waals surface area contributed by atoms with Gasteiger partial charge in [-0.25, -0.2) is 0 Å². The Morgan fingerprint density at radius 1 is 1.46 bits per heavy atom. The van der Waals surface area contributed by atoms with Gasteiger partial charge in [0.2, 0.25) is 0 Å². The van der Waals surface area contributed by atoms with Gasteiger partial charge in [0.05, 0.1) is 16.7 Å². The molecule has 70 valence electrons. The van der Waals surface area contributed by atoms with Crippen LogP contribution in [0.15, 0.2) is 12.3 Å². The molecule has 1 aromatic rings. The minimum absolute atomic E-state index is 0.0149. The maximum atomic E-state index is 10.6. The van der Waals surface area contributed by atoms with Crippen molar-refractivity contribution in [3.05, 3.63) is 33.6 Å². The zero-order valence-electron chi connectivity index (χ0n) is 6.54. The lowest BCUT2D eigenvalue weighted by Gasteiger charge is -2.01. The SMILES string of the molecule is O=[N+]([O-])c1c(CCl)ccnc1CCl. The number of pyridine rings is 1. The van der Waals surface area contributed by atoms with E-state index in [4.69, 9.17) is 23.2 Å². The number of rotatable bonds is 3. The highest BCUT2D eigenvalue weighted by molar-refractivity contribution is 6.18. The molecule has 6 heteroatoms. The molecule has 0 unspecified atom stereocenters.